The maximum atomic E-state index is 12.8. The van der Waals surface area contributed by atoms with Crippen molar-refractivity contribution in [3.8, 4) is 0 Å². The van der Waals surface area contributed by atoms with E-state index < -0.39 is 19.8 Å². The van der Waals surface area contributed by atoms with Gasteiger partial charge in [0.1, 0.15) is 0 Å². The molecule has 0 radical (unpaired) electrons. The first-order chi connectivity index (χ1) is 11.4. The Morgan fingerprint density at radius 3 is 2.50 bits per heavy atom. The van der Waals surface area contributed by atoms with Crippen LogP contribution in [0.4, 0.5) is 0 Å². The molecule has 3 rings (SSSR count). The van der Waals surface area contributed by atoms with E-state index >= 15 is 0 Å². The van der Waals surface area contributed by atoms with Gasteiger partial charge < -0.3 is 0 Å². The minimum absolute atomic E-state index is 0.0896. The molecule has 1 fully saturated rings. The third-order valence-electron chi connectivity index (χ3n) is 3.80. The molecule has 0 amide bonds. The lowest BCUT2D eigenvalue weighted by molar-refractivity contribution is 0.287. The van der Waals surface area contributed by atoms with Crippen molar-refractivity contribution in [1.82, 2.24) is 14.5 Å². The zero-order valence-corrected chi connectivity index (χ0v) is 15.6. The average molecular weight is 387 g/mol. The average Bonchev–Trinajstić information content (AvgIpc) is 3.03. The van der Waals surface area contributed by atoms with E-state index in [1.54, 1.807) is 12.1 Å². The molecule has 1 aliphatic rings. The molecule has 2 aromatic rings. The van der Waals surface area contributed by atoms with Crippen LogP contribution in [-0.4, -0.2) is 51.7 Å². The van der Waals surface area contributed by atoms with Crippen LogP contribution in [-0.2, 0) is 26.3 Å². The molecule has 0 unspecified atom stereocenters. The van der Waals surface area contributed by atoms with Crippen LogP contribution in [0.25, 0.3) is 0 Å². The van der Waals surface area contributed by atoms with Crippen LogP contribution in [0, 0.1) is 6.92 Å². The van der Waals surface area contributed by atoms with E-state index in [9.17, 15) is 12.6 Å². The molecule has 7 nitrogen and oxygen atoms in total. The van der Waals surface area contributed by atoms with Crippen LogP contribution in [0.5, 0.6) is 0 Å². The van der Waals surface area contributed by atoms with Gasteiger partial charge in [0.25, 0.3) is 10.0 Å². The van der Waals surface area contributed by atoms with Gasteiger partial charge in [-0.3, -0.25) is 4.90 Å². The second-order valence-corrected chi connectivity index (χ2v) is 10.7. The molecule has 0 atom stereocenters. The topological polar surface area (TPSA) is 92.6 Å². The summed E-state index contributed by atoms with van der Waals surface area (Å²) in [6.45, 7) is 3.57. The van der Waals surface area contributed by atoms with Crippen molar-refractivity contribution < 1.29 is 12.6 Å². The number of rotatable bonds is 4. The van der Waals surface area contributed by atoms with Gasteiger partial charge in [-0.2, -0.15) is 8.42 Å². The Morgan fingerprint density at radius 1 is 1.25 bits per heavy atom. The van der Waals surface area contributed by atoms with E-state index in [0.29, 0.717) is 19.6 Å². The Balaban J connectivity index is 1.73. The normalized spacial score (nSPS) is 18.4. The molecule has 1 aromatic heterocycles. The van der Waals surface area contributed by atoms with E-state index in [4.69, 9.17) is 0 Å². The number of benzene rings is 1. The van der Waals surface area contributed by atoms with Gasteiger partial charge in [0.05, 0.1) is 20.3 Å². The zero-order valence-electron chi connectivity index (χ0n) is 13.2. The highest BCUT2D eigenvalue weighted by molar-refractivity contribution is 8.03. The van der Waals surface area contributed by atoms with Crippen LogP contribution in [0.2, 0.25) is 0 Å². The lowest BCUT2D eigenvalue weighted by Crippen LogP contribution is -2.40. The van der Waals surface area contributed by atoms with Crippen molar-refractivity contribution in [3.05, 3.63) is 40.9 Å². The van der Waals surface area contributed by atoms with E-state index in [1.807, 2.05) is 12.3 Å². The summed E-state index contributed by atoms with van der Waals surface area (Å²) in [5.74, 6) is 0.491. The highest BCUT2D eigenvalue weighted by Gasteiger charge is 2.25. The first-order valence-electron chi connectivity index (χ1n) is 7.40. The van der Waals surface area contributed by atoms with Crippen molar-refractivity contribution >= 4 is 31.3 Å². The molecule has 1 saturated heterocycles. The summed E-state index contributed by atoms with van der Waals surface area (Å²) < 4.78 is 45.2. The van der Waals surface area contributed by atoms with Crippen LogP contribution >= 0.6 is 11.5 Å². The summed E-state index contributed by atoms with van der Waals surface area (Å²) >= 11 is 1.29. The molecule has 10 heteroatoms. The van der Waals surface area contributed by atoms with Crippen molar-refractivity contribution in [3.63, 3.8) is 0 Å². The van der Waals surface area contributed by atoms with Gasteiger partial charge in [-0.05, 0) is 30.6 Å². The van der Waals surface area contributed by atoms with E-state index in [-0.39, 0.29) is 16.4 Å². The second kappa shape index (κ2) is 6.87. The van der Waals surface area contributed by atoms with Crippen molar-refractivity contribution in [2.24, 2.45) is 3.77 Å². The molecule has 1 aromatic carbocycles. The molecule has 0 aliphatic carbocycles. The maximum Gasteiger partial charge on any atom is 0.290 e. The predicted molar refractivity (Wildman–Crippen MR) is 93.9 cm³/mol. The Kier molecular flexibility index (Phi) is 5.00. The summed E-state index contributed by atoms with van der Waals surface area (Å²) in [5, 5.41) is 5.86. The summed E-state index contributed by atoms with van der Waals surface area (Å²) in [5.41, 5.74) is 1.83. The Hall–Kier alpha value is -1.36. The standard InChI is InChI=1S/C14H18N4O3S3/c1-12-2-4-14(5-3-12)24(20,21)17-23(19)8-6-18(7-9-23)10-13-11-22-16-15-13/h2-5,11H,6-10H2,1H3. The Labute approximate surface area is 146 Å². The molecule has 1 aliphatic heterocycles. The van der Waals surface area contributed by atoms with Crippen LogP contribution < -0.4 is 0 Å². The molecule has 130 valence electrons. The first kappa shape index (κ1) is 17.5. The number of hydrogen-bond acceptors (Lipinski definition) is 7. The maximum absolute atomic E-state index is 12.8. The lowest BCUT2D eigenvalue weighted by Gasteiger charge is -2.27. The molecule has 0 N–H and O–H groups in total. The van der Waals surface area contributed by atoms with E-state index in [0.717, 1.165) is 11.3 Å². The van der Waals surface area contributed by atoms with Crippen LogP contribution in [0.1, 0.15) is 11.3 Å². The number of sulfonamides is 1. The van der Waals surface area contributed by atoms with E-state index in [1.165, 1.54) is 23.7 Å². The van der Waals surface area contributed by atoms with Gasteiger partial charge in [-0.1, -0.05) is 22.2 Å². The quantitative estimate of drug-likeness (QED) is 0.791. The summed E-state index contributed by atoms with van der Waals surface area (Å²) in [7, 11) is -6.65. The lowest BCUT2D eigenvalue weighted by atomic mass is 10.2. The van der Waals surface area contributed by atoms with Gasteiger partial charge in [-0.15, -0.1) is 8.87 Å². The predicted octanol–water partition coefficient (Wildman–Crippen LogP) is 1.52. The smallest absolute Gasteiger partial charge is 0.290 e. The molecule has 0 saturated carbocycles. The largest absolute Gasteiger partial charge is 0.296 e. The third-order valence-corrected chi connectivity index (χ3v) is 8.73. The minimum atomic E-state index is -3.89. The molecular weight excluding hydrogens is 368 g/mol. The second-order valence-electron chi connectivity index (χ2n) is 5.72. The monoisotopic (exact) mass is 386 g/mol. The van der Waals surface area contributed by atoms with Gasteiger partial charge >= 0.3 is 0 Å². The Morgan fingerprint density at radius 2 is 1.92 bits per heavy atom. The summed E-state index contributed by atoms with van der Waals surface area (Å²) in [6, 6.07) is 6.42. The molecule has 0 bridgehead atoms. The van der Waals surface area contributed by atoms with Gasteiger partial charge in [-0.25, -0.2) is 4.21 Å². The Bertz CT molecular complexity index is 901. The molecular formula is C14H18N4O3S3. The fraction of sp³-hybridized carbons (Fsp3) is 0.429. The van der Waals surface area contributed by atoms with Crippen molar-refractivity contribution in [2.75, 3.05) is 24.6 Å². The number of aromatic nitrogens is 2. The zero-order chi connectivity index (χ0) is 17.2. The molecule has 24 heavy (non-hydrogen) atoms. The van der Waals surface area contributed by atoms with Gasteiger partial charge in [0.15, 0.2) is 0 Å². The molecule has 2 heterocycles. The summed E-state index contributed by atoms with van der Waals surface area (Å²) in [4.78, 5) is 2.18. The minimum Gasteiger partial charge on any atom is -0.296 e. The first-order valence-corrected chi connectivity index (χ1v) is 11.5. The SMILES string of the molecule is Cc1ccc(S(=O)(=O)N=S2(=O)CCN(Cc3csnn3)CC2)cc1. The fourth-order valence-electron chi connectivity index (χ4n) is 2.40. The molecule has 0 spiro atoms. The fourth-order valence-corrected chi connectivity index (χ4v) is 6.99. The number of hydrogen-bond donors (Lipinski definition) is 0. The van der Waals surface area contributed by atoms with Crippen molar-refractivity contribution in [1.29, 1.82) is 0 Å². The number of nitrogens with zero attached hydrogens (tertiary/aromatic N) is 4. The van der Waals surface area contributed by atoms with E-state index in [2.05, 4.69) is 18.3 Å². The van der Waals surface area contributed by atoms with Gasteiger partial charge in [0, 0.05) is 36.5 Å². The highest BCUT2D eigenvalue weighted by Crippen LogP contribution is 2.18. The van der Waals surface area contributed by atoms with Crippen molar-refractivity contribution in [2.45, 2.75) is 18.4 Å². The van der Waals surface area contributed by atoms with Gasteiger partial charge in [0.2, 0.25) is 0 Å². The van der Waals surface area contributed by atoms with Crippen LogP contribution in [0.3, 0.4) is 0 Å². The number of aryl methyl sites for hydroxylation is 1. The highest BCUT2D eigenvalue weighted by atomic mass is 32.3. The summed E-state index contributed by atoms with van der Waals surface area (Å²) in [6.07, 6.45) is 0. The van der Waals surface area contributed by atoms with Crippen LogP contribution in [0.15, 0.2) is 38.3 Å². The third kappa shape index (κ3) is 4.18.